The van der Waals surface area contributed by atoms with E-state index in [-0.39, 0.29) is 12.4 Å². The Hall–Kier alpha value is 0.200. The Kier molecular flexibility index (Phi) is 4.37. The van der Waals surface area contributed by atoms with E-state index in [0.717, 1.165) is 10.9 Å². The fraction of sp³-hybridized carbons (Fsp3) is 0.667. The van der Waals surface area contributed by atoms with Crippen LogP contribution in [-0.2, 0) is 6.54 Å². The van der Waals surface area contributed by atoms with Gasteiger partial charge < -0.3 is 5.32 Å². The zero-order chi connectivity index (χ0) is 11.0. The first kappa shape index (κ1) is 13.6. The van der Waals surface area contributed by atoms with Gasteiger partial charge in [0.2, 0.25) is 0 Å². The lowest BCUT2D eigenvalue weighted by atomic mass is 9.87. The summed E-state index contributed by atoms with van der Waals surface area (Å²) < 4.78 is 0.963. The van der Waals surface area contributed by atoms with Crippen LogP contribution in [0.2, 0.25) is 4.34 Å². The maximum absolute atomic E-state index is 6.15. The van der Waals surface area contributed by atoms with Crippen LogP contribution >= 0.6 is 35.3 Å². The topological polar surface area (TPSA) is 15.3 Å². The fourth-order valence-electron chi connectivity index (χ4n) is 2.98. The van der Waals surface area contributed by atoms with E-state index in [1.54, 1.807) is 11.3 Å². The standard InChI is InChI=1S/C12H17ClN2S.ClH/c13-11-10(1-6-16-11)7-15-5-3-12(9-15)2-4-14-8-12;/h1,6,14H,2-5,7-9H2;1H. The Morgan fingerprint density at radius 3 is 3.00 bits per heavy atom. The Morgan fingerprint density at radius 2 is 2.35 bits per heavy atom. The molecule has 0 aromatic carbocycles. The average Bonchev–Trinajstić information content (AvgIpc) is 2.96. The second-order valence-electron chi connectivity index (χ2n) is 5.11. The molecular formula is C12H18Cl2N2S. The third kappa shape index (κ3) is 2.79. The fourth-order valence-corrected chi connectivity index (χ4v) is 3.89. The van der Waals surface area contributed by atoms with Gasteiger partial charge in [0.05, 0.1) is 4.34 Å². The van der Waals surface area contributed by atoms with Gasteiger partial charge in [-0.2, -0.15) is 0 Å². The first-order valence-corrected chi connectivity index (χ1v) is 7.18. The predicted molar refractivity (Wildman–Crippen MR) is 76.4 cm³/mol. The monoisotopic (exact) mass is 292 g/mol. The van der Waals surface area contributed by atoms with Gasteiger partial charge in [-0.15, -0.1) is 23.7 Å². The maximum atomic E-state index is 6.15. The van der Waals surface area contributed by atoms with Gasteiger partial charge in [-0.05, 0) is 48.4 Å². The molecule has 2 aliphatic heterocycles. The number of rotatable bonds is 2. The molecular weight excluding hydrogens is 275 g/mol. The Morgan fingerprint density at radius 1 is 1.47 bits per heavy atom. The van der Waals surface area contributed by atoms with Crippen molar-refractivity contribution in [1.29, 1.82) is 0 Å². The van der Waals surface area contributed by atoms with Gasteiger partial charge in [-0.1, -0.05) is 11.6 Å². The van der Waals surface area contributed by atoms with Crippen molar-refractivity contribution in [3.05, 3.63) is 21.3 Å². The number of likely N-dealkylation sites (tertiary alicyclic amines) is 1. The molecule has 2 nitrogen and oxygen atoms in total. The molecule has 96 valence electrons. The lowest BCUT2D eigenvalue weighted by Crippen LogP contribution is -2.28. The Balaban J connectivity index is 0.00000108. The normalized spacial score (nSPS) is 28.8. The summed E-state index contributed by atoms with van der Waals surface area (Å²) in [5, 5.41) is 5.58. The molecule has 3 rings (SSSR count). The van der Waals surface area contributed by atoms with Crippen LogP contribution < -0.4 is 5.32 Å². The first-order chi connectivity index (χ1) is 7.77. The van der Waals surface area contributed by atoms with Gasteiger partial charge in [0.25, 0.3) is 0 Å². The van der Waals surface area contributed by atoms with Crippen LogP contribution in [-0.4, -0.2) is 31.1 Å². The molecule has 1 spiro atoms. The molecule has 0 aliphatic carbocycles. The summed E-state index contributed by atoms with van der Waals surface area (Å²) in [5.74, 6) is 0. The molecule has 0 bridgehead atoms. The summed E-state index contributed by atoms with van der Waals surface area (Å²) in [5.41, 5.74) is 1.87. The molecule has 1 unspecified atom stereocenters. The van der Waals surface area contributed by atoms with Crippen LogP contribution in [0.3, 0.4) is 0 Å². The Bertz CT molecular complexity index is 374. The van der Waals surface area contributed by atoms with E-state index in [4.69, 9.17) is 11.6 Å². The molecule has 0 saturated carbocycles. The largest absolute Gasteiger partial charge is 0.316 e. The minimum Gasteiger partial charge on any atom is -0.316 e. The molecule has 5 heteroatoms. The third-order valence-corrected chi connectivity index (χ3v) is 5.19. The van der Waals surface area contributed by atoms with Crippen LogP contribution in [0.1, 0.15) is 18.4 Å². The molecule has 0 amide bonds. The molecule has 1 atom stereocenters. The number of halogens is 2. The number of hydrogen-bond acceptors (Lipinski definition) is 3. The molecule has 2 fully saturated rings. The van der Waals surface area contributed by atoms with Gasteiger partial charge in [0, 0.05) is 19.6 Å². The second-order valence-corrected chi connectivity index (χ2v) is 6.63. The van der Waals surface area contributed by atoms with Gasteiger partial charge in [-0.25, -0.2) is 0 Å². The van der Waals surface area contributed by atoms with Crippen LogP contribution in [0.25, 0.3) is 0 Å². The lowest BCUT2D eigenvalue weighted by molar-refractivity contribution is 0.269. The molecule has 0 radical (unpaired) electrons. The van der Waals surface area contributed by atoms with Crippen LogP contribution in [0.5, 0.6) is 0 Å². The van der Waals surface area contributed by atoms with Crippen molar-refractivity contribution in [1.82, 2.24) is 10.2 Å². The molecule has 17 heavy (non-hydrogen) atoms. The van der Waals surface area contributed by atoms with E-state index in [2.05, 4.69) is 21.7 Å². The van der Waals surface area contributed by atoms with Crippen molar-refractivity contribution in [2.24, 2.45) is 5.41 Å². The summed E-state index contributed by atoms with van der Waals surface area (Å²) in [7, 11) is 0. The van der Waals surface area contributed by atoms with Crippen LogP contribution in [0.15, 0.2) is 11.4 Å². The molecule has 2 saturated heterocycles. The first-order valence-electron chi connectivity index (χ1n) is 5.92. The molecule has 1 N–H and O–H groups in total. The van der Waals surface area contributed by atoms with Crippen molar-refractivity contribution in [3.8, 4) is 0 Å². The van der Waals surface area contributed by atoms with Crippen molar-refractivity contribution in [2.75, 3.05) is 26.2 Å². The summed E-state index contributed by atoms with van der Waals surface area (Å²) in [6, 6.07) is 2.16. The van der Waals surface area contributed by atoms with Crippen LogP contribution in [0.4, 0.5) is 0 Å². The lowest BCUT2D eigenvalue weighted by Gasteiger charge is -2.22. The van der Waals surface area contributed by atoms with E-state index >= 15 is 0 Å². The highest BCUT2D eigenvalue weighted by atomic mass is 35.5. The van der Waals surface area contributed by atoms with Crippen molar-refractivity contribution >= 4 is 35.3 Å². The summed E-state index contributed by atoms with van der Waals surface area (Å²) in [6.07, 6.45) is 2.70. The minimum atomic E-state index is 0. The maximum Gasteiger partial charge on any atom is 0.0973 e. The zero-order valence-corrected chi connectivity index (χ0v) is 12.1. The van der Waals surface area contributed by atoms with Gasteiger partial charge in [-0.3, -0.25) is 4.90 Å². The van der Waals surface area contributed by atoms with E-state index in [1.807, 2.05) is 0 Å². The van der Waals surface area contributed by atoms with Crippen molar-refractivity contribution in [3.63, 3.8) is 0 Å². The molecule has 3 heterocycles. The van der Waals surface area contributed by atoms with Crippen LogP contribution in [0, 0.1) is 5.41 Å². The highest BCUT2D eigenvalue weighted by Gasteiger charge is 2.40. The van der Waals surface area contributed by atoms with Gasteiger partial charge in [0.1, 0.15) is 0 Å². The average molecular weight is 293 g/mol. The summed E-state index contributed by atoms with van der Waals surface area (Å²) >= 11 is 7.79. The zero-order valence-electron chi connectivity index (χ0n) is 9.75. The Labute approximate surface area is 118 Å². The second kappa shape index (κ2) is 5.45. The van der Waals surface area contributed by atoms with E-state index < -0.39 is 0 Å². The highest BCUT2D eigenvalue weighted by molar-refractivity contribution is 7.14. The summed E-state index contributed by atoms with van der Waals surface area (Å²) in [6.45, 7) is 5.91. The molecule has 1 aromatic rings. The van der Waals surface area contributed by atoms with E-state index in [9.17, 15) is 0 Å². The van der Waals surface area contributed by atoms with Gasteiger partial charge >= 0.3 is 0 Å². The minimum absolute atomic E-state index is 0. The smallest absolute Gasteiger partial charge is 0.0973 e. The number of thiophene rings is 1. The van der Waals surface area contributed by atoms with E-state index in [0.29, 0.717) is 5.41 Å². The molecule has 1 aromatic heterocycles. The van der Waals surface area contributed by atoms with Gasteiger partial charge in [0.15, 0.2) is 0 Å². The molecule has 2 aliphatic rings. The van der Waals surface area contributed by atoms with Crippen molar-refractivity contribution < 1.29 is 0 Å². The van der Waals surface area contributed by atoms with Crippen molar-refractivity contribution in [2.45, 2.75) is 19.4 Å². The quantitative estimate of drug-likeness (QED) is 0.901. The SMILES string of the molecule is Cl.Clc1sccc1CN1CCC2(CCNC2)C1. The number of nitrogens with zero attached hydrogens (tertiary/aromatic N) is 1. The predicted octanol–water partition coefficient (Wildman–Crippen LogP) is 3.01. The third-order valence-electron chi connectivity index (χ3n) is 3.94. The van der Waals surface area contributed by atoms with E-state index in [1.165, 1.54) is 44.6 Å². The number of hydrogen-bond donors (Lipinski definition) is 1. The highest BCUT2D eigenvalue weighted by Crippen LogP contribution is 2.37. The summed E-state index contributed by atoms with van der Waals surface area (Å²) in [4.78, 5) is 2.56. The number of nitrogens with one attached hydrogen (secondary N) is 1.